The number of guanidine groups is 1. The van der Waals surface area contributed by atoms with Gasteiger partial charge in [0.2, 0.25) is 5.91 Å². The first-order valence-electron chi connectivity index (χ1n) is 9.15. The molecule has 2 rings (SSSR count). The summed E-state index contributed by atoms with van der Waals surface area (Å²) in [4.78, 5) is 18.3. The second kappa shape index (κ2) is 12.0. The minimum atomic E-state index is 0. The number of piperidine rings is 1. The maximum Gasteiger partial charge on any atom is 0.222 e. The Hall–Kier alpha value is -1.51. The van der Waals surface area contributed by atoms with E-state index in [-0.39, 0.29) is 35.8 Å². The fourth-order valence-electron chi connectivity index (χ4n) is 2.93. The van der Waals surface area contributed by atoms with Crippen LogP contribution in [0.1, 0.15) is 26.7 Å². The van der Waals surface area contributed by atoms with Crippen molar-refractivity contribution in [2.75, 3.05) is 38.1 Å². The largest absolute Gasteiger partial charge is 0.369 e. The molecule has 0 bridgehead atoms. The molecule has 0 radical (unpaired) electrons. The van der Waals surface area contributed by atoms with Gasteiger partial charge in [-0.15, -0.1) is 24.0 Å². The van der Waals surface area contributed by atoms with Crippen LogP contribution in [-0.4, -0.2) is 51.1 Å². The zero-order valence-corrected chi connectivity index (χ0v) is 18.3. The summed E-state index contributed by atoms with van der Waals surface area (Å²) in [6.07, 6.45) is 2.29. The maximum atomic E-state index is 11.6. The third kappa shape index (κ3) is 7.39. The molecular formula is C19H32IN5O. The third-order valence-electron chi connectivity index (χ3n) is 4.35. The Bertz CT molecular complexity index is 564. The Morgan fingerprint density at radius 3 is 2.58 bits per heavy atom. The molecule has 3 N–H and O–H groups in total. The first-order chi connectivity index (χ1) is 12.1. The summed E-state index contributed by atoms with van der Waals surface area (Å²) in [5, 5.41) is 9.67. The number of hydrogen-bond donors (Lipinski definition) is 3. The Morgan fingerprint density at radius 1 is 1.23 bits per heavy atom. The lowest BCUT2D eigenvalue weighted by Crippen LogP contribution is -2.52. The lowest BCUT2D eigenvalue weighted by atomic mass is 10.1. The molecule has 1 fully saturated rings. The summed E-state index contributed by atoms with van der Waals surface area (Å²) in [5.74, 6) is 0.887. The minimum absolute atomic E-state index is 0. The zero-order chi connectivity index (χ0) is 18.1. The summed E-state index contributed by atoms with van der Waals surface area (Å²) in [6, 6.07) is 10.9. The number of carbonyl (C=O) groups excluding carboxylic acids is 1. The SMILES string of the molecule is CN=C(NCCNC(=O)C(C)C)NC1CCCN(c2ccccc2)C1.I. The monoisotopic (exact) mass is 473 g/mol. The van der Waals surface area contributed by atoms with Crippen LogP contribution in [-0.2, 0) is 4.79 Å². The molecular weight excluding hydrogens is 441 g/mol. The number of rotatable bonds is 6. The van der Waals surface area contributed by atoms with E-state index in [4.69, 9.17) is 0 Å². The average molecular weight is 473 g/mol. The van der Waals surface area contributed by atoms with Crippen LogP contribution in [0.25, 0.3) is 0 Å². The summed E-state index contributed by atoms with van der Waals surface area (Å²) in [6.45, 7) is 7.10. The average Bonchev–Trinajstić information content (AvgIpc) is 2.64. The normalized spacial score (nSPS) is 17.5. The Morgan fingerprint density at radius 2 is 1.92 bits per heavy atom. The number of anilines is 1. The fraction of sp³-hybridized carbons (Fsp3) is 0.579. The van der Waals surface area contributed by atoms with E-state index in [1.807, 2.05) is 19.9 Å². The van der Waals surface area contributed by atoms with Crippen LogP contribution in [0.2, 0.25) is 0 Å². The van der Waals surface area contributed by atoms with Crippen molar-refractivity contribution in [3.8, 4) is 0 Å². The van der Waals surface area contributed by atoms with Gasteiger partial charge in [-0.2, -0.15) is 0 Å². The number of hydrogen-bond acceptors (Lipinski definition) is 3. The van der Waals surface area contributed by atoms with Crippen molar-refractivity contribution in [3.63, 3.8) is 0 Å². The molecule has 1 aliphatic rings. The number of amides is 1. The van der Waals surface area contributed by atoms with Crippen LogP contribution in [0.3, 0.4) is 0 Å². The number of carbonyl (C=O) groups is 1. The minimum Gasteiger partial charge on any atom is -0.369 e. The maximum absolute atomic E-state index is 11.6. The van der Waals surface area contributed by atoms with Gasteiger partial charge in [-0.25, -0.2) is 0 Å². The van der Waals surface area contributed by atoms with E-state index in [1.54, 1.807) is 7.05 Å². The summed E-state index contributed by atoms with van der Waals surface area (Å²) >= 11 is 0. The first kappa shape index (κ1) is 22.5. The van der Waals surface area contributed by atoms with Crippen LogP contribution in [0.5, 0.6) is 0 Å². The molecule has 0 aliphatic carbocycles. The van der Waals surface area contributed by atoms with E-state index >= 15 is 0 Å². The fourth-order valence-corrected chi connectivity index (χ4v) is 2.93. The second-order valence-electron chi connectivity index (χ2n) is 6.71. The number of benzene rings is 1. The first-order valence-corrected chi connectivity index (χ1v) is 9.15. The highest BCUT2D eigenvalue weighted by Crippen LogP contribution is 2.19. The molecule has 1 aromatic rings. The third-order valence-corrected chi connectivity index (χ3v) is 4.35. The number of nitrogens with zero attached hydrogens (tertiary/aromatic N) is 2. The molecule has 7 heteroatoms. The van der Waals surface area contributed by atoms with Crippen molar-refractivity contribution >= 4 is 41.5 Å². The number of aliphatic imine (C=N–C) groups is 1. The molecule has 1 atom stereocenters. The van der Waals surface area contributed by atoms with E-state index in [2.05, 4.69) is 50.1 Å². The number of para-hydroxylation sites is 1. The lowest BCUT2D eigenvalue weighted by molar-refractivity contribution is -0.123. The second-order valence-corrected chi connectivity index (χ2v) is 6.71. The van der Waals surface area contributed by atoms with Crippen molar-refractivity contribution in [1.29, 1.82) is 0 Å². The van der Waals surface area contributed by atoms with Gasteiger partial charge in [-0.3, -0.25) is 9.79 Å². The molecule has 0 spiro atoms. The van der Waals surface area contributed by atoms with Gasteiger partial charge in [-0.1, -0.05) is 32.0 Å². The van der Waals surface area contributed by atoms with Gasteiger partial charge in [0.1, 0.15) is 0 Å². The van der Waals surface area contributed by atoms with Crippen LogP contribution in [0.15, 0.2) is 35.3 Å². The molecule has 1 amide bonds. The van der Waals surface area contributed by atoms with Crippen molar-refractivity contribution in [2.45, 2.75) is 32.7 Å². The predicted molar refractivity (Wildman–Crippen MR) is 119 cm³/mol. The summed E-state index contributed by atoms with van der Waals surface area (Å²) in [5.41, 5.74) is 1.27. The Balaban J connectivity index is 0.00000338. The van der Waals surface area contributed by atoms with Gasteiger partial charge >= 0.3 is 0 Å². The van der Waals surface area contributed by atoms with Crippen LogP contribution >= 0.6 is 24.0 Å². The molecule has 1 aromatic carbocycles. The Labute approximate surface area is 174 Å². The van der Waals surface area contributed by atoms with Gasteiger partial charge in [0.05, 0.1) is 0 Å². The molecule has 6 nitrogen and oxygen atoms in total. The van der Waals surface area contributed by atoms with Crippen LogP contribution in [0, 0.1) is 5.92 Å². The van der Waals surface area contributed by atoms with E-state index in [9.17, 15) is 4.79 Å². The van der Waals surface area contributed by atoms with Crippen LogP contribution < -0.4 is 20.9 Å². The van der Waals surface area contributed by atoms with Gasteiger partial charge in [0, 0.05) is 50.9 Å². The molecule has 26 heavy (non-hydrogen) atoms. The highest BCUT2D eigenvalue weighted by atomic mass is 127. The highest BCUT2D eigenvalue weighted by molar-refractivity contribution is 14.0. The standard InChI is InChI=1S/C19H31N5O.HI/c1-15(2)18(25)21-11-12-22-19(20-3)23-16-8-7-13-24(14-16)17-9-5-4-6-10-17;/h4-6,9-10,15-16H,7-8,11-14H2,1-3H3,(H,21,25)(H2,20,22,23);1H. The number of halogens is 1. The number of nitrogens with one attached hydrogen (secondary N) is 3. The quantitative estimate of drug-likeness (QED) is 0.257. The smallest absolute Gasteiger partial charge is 0.222 e. The van der Waals surface area contributed by atoms with Crippen molar-refractivity contribution in [3.05, 3.63) is 30.3 Å². The molecule has 1 saturated heterocycles. The van der Waals surface area contributed by atoms with Gasteiger partial charge < -0.3 is 20.9 Å². The van der Waals surface area contributed by atoms with E-state index in [0.717, 1.165) is 31.9 Å². The predicted octanol–water partition coefficient (Wildman–Crippen LogP) is 2.21. The van der Waals surface area contributed by atoms with E-state index in [0.29, 0.717) is 19.1 Å². The molecule has 1 unspecified atom stereocenters. The van der Waals surface area contributed by atoms with E-state index in [1.165, 1.54) is 5.69 Å². The van der Waals surface area contributed by atoms with Gasteiger partial charge in [0.15, 0.2) is 5.96 Å². The summed E-state index contributed by atoms with van der Waals surface area (Å²) < 4.78 is 0. The topological polar surface area (TPSA) is 68.8 Å². The highest BCUT2D eigenvalue weighted by Gasteiger charge is 2.20. The summed E-state index contributed by atoms with van der Waals surface area (Å²) in [7, 11) is 1.78. The molecule has 1 heterocycles. The van der Waals surface area contributed by atoms with Crippen molar-refractivity contribution < 1.29 is 4.79 Å². The van der Waals surface area contributed by atoms with Gasteiger partial charge in [0.25, 0.3) is 0 Å². The zero-order valence-electron chi connectivity index (χ0n) is 16.0. The molecule has 0 saturated carbocycles. The Kier molecular flexibility index (Phi) is 10.4. The van der Waals surface area contributed by atoms with E-state index < -0.39 is 0 Å². The molecule has 146 valence electrons. The molecule has 1 aliphatic heterocycles. The van der Waals surface area contributed by atoms with Crippen molar-refractivity contribution in [1.82, 2.24) is 16.0 Å². The lowest BCUT2D eigenvalue weighted by Gasteiger charge is -2.35. The van der Waals surface area contributed by atoms with Crippen LogP contribution in [0.4, 0.5) is 5.69 Å². The van der Waals surface area contributed by atoms with Crippen molar-refractivity contribution in [2.24, 2.45) is 10.9 Å². The molecule has 0 aromatic heterocycles. The van der Waals surface area contributed by atoms with Gasteiger partial charge in [-0.05, 0) is 25.0 Å².